The van der Waals surface area contributed by atoms with E-state index in [1.807, 2.05) is 125 Å². The molecule has 4 atom stereocenters. The van der Waals surface area contributed by atoms with Gasteiger partial charge in [-0.15, -0.1) is 0 Å². The summed E-state index contributed by atoms with van der Waals surface area (Å²) < 4.78 is 3.87. The zero-order chi connectivity index (χ0) is 46.2. The number of halogens is 4. The fourth-order valence-corrected chi connectivity index (χ4v) is 8.57. The van der Waals surface area contributed by atoms with Gasteiger partial charge in [-0.1, -0.05) is 112 Å². The largest absolute Gasteiger partial charge is 0.348 e. The molecule has 1 saturated heterocycles. The van der Waals surface area contributed by atoms with Crippen molar-refractivity contribution in [1.82, 2.24) is 40.9 Å². The van der Waals surface area contributed by atoms with Gasteiger partial charge in [0.05, 0.1) is 50.3 Å². The number of benzene rings is 4. The van der Waals surface area contributed by atoms with Crippen LogP contribution in [0.25, 0.3) is 0 Å². The van der Waals surface area contributed by atoms with Gasteiger partial charge in [0.15, 0.2) is 0 Å². The minimum absolute atomic E-state index is 0.114. The third-order valence-electron chi connectivity index (χ3n) is 11.4. The number of amides is 4. The highest BCUT2D eigenvalue weighted by Crippen LogP contribution is 2.20. The first-order chi connectivity index (χ1) is 30.6. The summed E-state index contributed by atoms with van der Waals surface area (Å²) in [6.07, 6.45) is 0. The molecule has 5 rings (SSSR count). The van der Waals surface area contributed by atoms with E-state index in [-0.39, 0.29) is 74.0 Å². The Kier molecular flexibility index (Phi) is 20.9. The standard InChI is InChI=1S/C48H60Br4N8O4/c1-33(37-5-13-41(49)14-6-37)53-45(61)29-57-21-23-58(30-46(62)54-34(2)38-7-15-42(50)16-8-38)25-27-60(32-48(64)56-36(4)40-11-19-44(52)20-12-40)28-26-59(24-22-57)31-47(63)55-35(3)39-9-17-43(51)18-10-39/h5-20,33-36H,21-32H2,1-4H3,(H,53,61)(H,54,62)(H,55,63)(H,56,64)/t33-,34-,35-,36-/m0/s1. The lowest BCUT2D eigenvalue weighted by atomic mass is 10.1. The van der Waals surface area contributed by atoms with Gasteiger partial charge in [-0.05, 0) is 98.5 Å². The van der Waals surface area contributed by atoms with E-state index in [1.165, 1.54) is 0 Å². The highest BCUT2D eigenvalue weighted by atomic mass is 79.9. The molecule has 1 aliphatic rings. The molecule has 4 aromatic carbocycles. The maximum atomic E-state index is 13.7. The van der Waals surface area contributed by atoms with E-state index in [2.05, 4.69) is 105 Å². The van der Waals surface area contributed by atoms with Crippen molar-refractivity contribution in [1.29, 1.82) is 0 Å². The van der Waals surface area contributed by atoms with Gasteiger partial charge in [0.2, 0.25) is 23.6 Å². The number of hydrogen-bond acceptors (Lipinski definition) is 8. The summed E-state index contributed by atoms with van der Waals surface area (Å²) >= 11 is 14.0. The van der Waals surface area contributed by atoms with Crippen LogP contribution < -0.4 is 21.3 Å². The summed E-state index contributed by atoms with van der Waals surface area (Å²) in [5.74, 6) is -0.454. The van der Waals surface area contributed by atoms with Crippen molar-refractivity contribution >= 4 is 87.3 Å². The second kappa shape index (κ2) is 26.0. The van der Waals surface area contributed by atoms with Crippen LogP contribution >= 0.6 is 63.7 Å². The van der Waals surface area contributed by atoms with Gasteiger partial charge in [0, 0.05) is 70.2 Å². The molecule has 1 heterocycles. The molecule has 4 N–H and O–H groups in total. The summed E-state index contributed by atoms with van der Waals surface area (Å²) in [7, 11) is 0. The molecule has 0 saturated carbocycles. The Morgan fingerprint density at radius 1 is 0.359 bits per heavy atom. The van der Waals surface area contributed by atoms with E-state index in [9.17, 15) is 19.2 Å². The van der Waals surface area contributed by atoms with E-state index in [0.717, 1.165) is 40.1 Å². The molecule has 0 unspecified atom stereocenters. The van der Waals surface area contributed by atoms with Crippen LogP contribution in [0.15, 0.2) is 115 Å². The second-order valence-corrected chi connectivity index (χ2v) is 20.1. The molecule has 0 radical (unpaired) electrons. The van der Waals surface area contributed by atoms with Gasteiger partial charge < -0.3 is 21.3 Å². The van der Waals surface area contributed by atoms with E-state index in [4.69, 9.17) is 0 Å². The van der Waals surface area contributed by atoms with Gasteiger partial charge in [-0.2, -0.15) is 0 Å². The third-order valence-corrected chi connectivity index (χ3v) is 13.5. The average molecular weight is 1130 g/mol. The second-order valence-electron chi connectivity index (χ2n) is 16.5. The highest BCUT2D eigenvalue weighted by Gasteiger charge is 2.24. The first kappa shape index (κ1) is 51.5. The number of hydrogen-bond donors (Lipinski definition) is 4. The van der Waals surface area contributed by atoms with Crippen LogP contribution in [-0.4, -0.2) is 122 Å². The summed E-state index contributed by atoms with van der Waals surface area (Å²) in [5, 5.41) is 12.7. The zero-order valence-electron chi connectivity index (χ0n) is 37.0. The van der Waals surface area contributed by atoms with Crippen LogP contribution in [0.1, 0.15) is 74.1 Å². The smallest absolute Gasteiger partial charge is 0.234 e. The van der Waals surface area contributed by atoms with Crippen molar-refractivity contribution in [2.45, 2.75) is 51.9 Å². The normalized spacial score (nSPS) is 16.9. The number of carbonyl (C=O) groups is 4. The SMILES string of the molecule is C[C@H](NC(=O)CN1CCN(CC(=O)N[C@@H](C)c2ccc(Br)cc2)CCN(CC(=O)N[C@@H](C)c2ccc(Br)cc2)CCN(CC(=O)N[C@@H](C)c2ccc(Br)cc2)CC1)c1ccc(Br)cc1. The number of nitrogens with one attached hydrogen (secondary N) is 4. The molecule has 4 amide bonds. The first-order valence-corrected chi connectivity index (χ1v) is 24.9. The molecule has 344 valence electrons. The maximum absolute atomic E-state index is 13.7. The third kappa shape index (κ3) is 17.7. The van der Waals surface area contributed by atoms with Crippen LogP contribution in [0.2, 0.25) is 0 Å². The summed E-state index contributed by atoms with van der Waals surface area (Å²) in [6, 6.07) is 30.8. The van der Waals surface area contributed by atoms with Crippen LogP contribution in [0.4, 0.5) is 0 Å². The Bertz CT molecular complexity index is 1790. The minimum atomic E-state index is -0.199. The number of carbonyl (C=O) groups excluding carboxylic acids is 4. The van der Waals surface area contributed by atoms with Crippen molar-refractivity contribution in [3.05, 3.63) is 137 Å². The molecular formula is C48H60Br4N8O4. The van der Waals surface area contributed by atoms with Crippen molar-refractivity contribution < 1.29 is 19.2 Å². The van der Waals surface area contributed by atoms with E-state index in [1.54, 1.807) is 0 Å². The predicted molar refractivity (Wildman–Crippen MR) is 269 cm³/mol. The summed E-state index contributed by atoms with van der Waals surface area (Å²) in [6.45, 7) is 12.5. The Morgan fingerprint density at radius 3 is 0.672 bits per heavy atom. The van der Waals surface area contributed by atoms with Crippen molar-refractivity contribution in [3.63, 3.8) is 0 Å². The lowest BCUT2D eigenvalue weighted by Gasteiger charge is -2.34. The Balaban J connectivity index is 1.33. The molecule has 0 bridgehead atoms. The van der Waals surface area contributed by atoms with Gasteiger partial charge >= 0.3 is 0 Å². The molecule has 12 nitrogen and oxygen atoms in total. The molecule has 4 aromatic rings. The van der Waals surface area contributed by atoms with Gasteiger partial charge in [-0.25, -0.2) is 0 Å². The van der Waals surface area contributed by atoms with Crippen molar-refractivity contribution in [3.8, 4) is 0 Å². The van der Waals surface area contributed by atoms with Gasteiger partial charge in [-0.3, -0.25) is 38.8 Å². The van der Waals surface area contributed by atoms with Crippen LogP contribution in [0.3, 0.4) is 0 Å². The molecule has 1 fully saturated rings. The molecule has 0 aromatic heterocycles. The van der Waals surface area contributed by atoms with E-state index >= 15 is 0 Å². The van der Waals surface area contributed by atoms with Crippen LogP contribution in [-0.2, 0) is 19.2 Å². The Hall–Kier alpha value is -3.48. The van der Waals surface area contributed by atoms with Crippen LogP contribution in [0, 0.1) is 0 Å². The summed E-state index contributed by atoms with van der Waals surface area (Å²) in [5.41, 5.74) is 3.98. The molecular weight excluding hydrogens is 1070 g/mol. The van der Waals surface area contributed by atoms with E-state index in [0.29, 0.717) is 52.4 Å². The van der Waals surface area contributed by atoms with Gasteiger partial charge in [0.1, 0.15) is 0 Å². The lowest BCUT2D eigenvalue weighted by Crippen LogP contribution is -2.51. The van der Waals surface area contributed by atoms with Gasteiger partial charge in [0.25, 0.3) is 0 Å². The average Bonchev–Trinajstić information content (AvgIpc) is 3.25. The molecule has 0 aliphatic carbocycles. The number of rotatable bonds is 16. The quantitative estimate of drug-likeness (QED) is 0.0897. The van der Waals surface area contributed by atoms with E-state index < -0.39 is 0 Å². The zero-order valence-corrected chi connectivity index (χ0v) is 43.3. The minimum Gasteiger partial charge on any atom is -0.348 e. The highest BCUT2D eigenvalue weighted by molar-refractivity contribution is 9.11. The topological polar surface area (TPSA) is 129 Å². The fourth-order valence-electron chi connectivity index (χ4n) is 7.51. The lowest BCUT2D eigenvalue weighted by molar-refractivity contribution is -0.125. The van der Waals surface area contributed by atoms with Crippen molar-refractivity contribution in [2.24, 2.45) is 0 Å². The molecule has 0 spiro atoms. The van der Waals surface area contributed by atoms with Crippen molar-refractivity contribution in [2.75, 3.05) is 78.5 Å². The summed E-state index contributed by atoms with van der Waals surface area (Å²) in [4.78, 5) is 63.1. The molecule has 1 aliphatic heterocycles. The molecule has 64 heavy (non-hydrogen) atoms. The van der Waals surface area contributed by atoms with Crippen LogP contribution in [0.5, 0.6) is 0 Å². The monoisotopic (exact) mass is 1130 g/mol. The Morgan fingerprint density at radius 2 is 0.516 bits per heavy atom. The fraction of sp³-hybridized carbons (Fsp3) is 0.417. The maximum Gasteiger partial charge on any atom is 0.234 e. The Labute approximate surface area is 412 Å². The molecule has 16 heteroatoms. The number of nitrogens with zero attached hydrogens (tertiary/aromatic N) is 4. The predicted octanol–water partition coefficient (Wildman–Crippen LogP) is 7.77. The first-order valence-electron chi connectivity index (χ1n) is 21.7.